The van der Waals surface area contributed by atoms with Gasteiger partial charge < -0.3 is 24.4 Å². The van der Waals surface area contributed by atoms with Crippen LogP contribution in [0.25, 0.3) is 0 Å². The van der Waals surface area contributed by atoms with Gasteiger partial charge in [-0.1, -0.05) is 0 Å². The van der Waals surface area contributed by atoms with E-state index in [0.29, 0.717) is 6.04 Å². The first kappa shape index (κ1) is 18.6. The fourth-order valence-corrected chi connectivity index (χ4v) is 3.44. The van der Waals surface area contributed by atoms with E-state index in [4.69, 9.17) is 4.74 Å². The Morgan fingerprint density at radius 3 is 2.85 bits per heavy atom. The van der Waals surface area contributed by atoms with Crippen molar-refractivity contribution in [2.45, 2.75) is 25.0 Å². The van der Waals surface area contributed by atoms with Crippen LogP contribution < -0.4 is 10.2 Å². The largest absolute Gasteiger partial charge is 0.380 e. The summed E-state index contributed by atoms with van der Waals surface area (Å²) in [7, 11) is 7.96. The molecule has 0 saturated carbocycles. The van der Waals surface area contributed by atoms with Crippen LogP contribution in [0.3, 0.4) is 0 Å². The molecule has 3 heterocycles. The normalized spacial score (nSPS) is 20.1. The van der Waals surface area contributed by atoms with E-state index in [1.165, 1.54) is 0 Å². The van der Waals surface area contributed by atoms with Gasteiger partial charge in [0.2, 0.25) is 0 Å². The number of hydrogen-bond acceptors (Lipinski definition) is 7. The van der Waals surface area contributed by atoms with E-state index in [2.05, 4.69) is 44.2 Å². The Balaban J connectivity index is 1.63. The molecule has 1 N–H and O–H groups in total. The summed E-state index contributed by atoms with van der Waals surface area (Å²) in [4.78, 5) is 17.7. The molecular formula is C18H29N7O. The molecule has 142 valence electrons. The lowest BCUT2D eigenvalue weighted by atomic mass is 10.2. The molecule has 1 saturated heterocycles. The summed E-state index contributed by atoms with van der Waals surface area (Å²) in [5.41, 5.74) is 1.07. The fourth-order valence-electron chi connectivity index (χ4n) is 3.44. The lowest BCUT2D eigenvalue weighted by molar-refractivity contribution is 0.117. The molecular weight excluding hydrogens is 330 g/mol. The lowest BCUT2D eigenvalue weighted by Gasteiger charge is -2.27. The Kier molecular flexibility index (Phi) is 6.05. The number of ether oxygens (including phenoxy) is 1. The van der Waals surface area contributed by atoms with Gasteiger partial charge in [-0.25, -0.2) is 15.0 Å². The van der Waals surface area contributed by atoms with Crippen molar-refractivity contribution in [3.63, 3.8) is 0 Å². The third-order valence-corrected chi connectivity index (χ3v) is 4.68. The molecule has 3 rings (SSSR count). The van der Waals surface area contributed by atoms with Crippen molar-refractivity contribution in [3.05, 3.63) is 30.6 Å². The van der Waals surface area contributed by atoms with Crippen molar-refractivity contribution in [2.75, 3.05) is 51.1 Å². The van der Waals surface area contributed by atoms with Crippen LogP contribution in [-0.2, 0) is 18.2 Å². The second kappa shape index (κ2) is 8.46. The van der Waals surface area contributed by atoms with Gasteiger partial charge in [0.1, 0.15) is 18.0 Å². The summed E-state index contributed by atoms with van der Waals surface area (Å²) in [6, 6.07) is 2.42. The Morgan fingerprint density at radius 2 is 2.15 bits per heavy atom. The highest BCUT2D eigenvalue weighted by Gasteiger charge is 2.33. The monoisotopic (exact) mass is 359 g/mol. The van der Waals surface area contributed by atoms with Gasteiger partial charge in [0, 0.05) is 58.5 Å². The van der Waals surface area contributed by atoms with Crippen LogP contribution in [0, 0.1) is 0 Å². The lowest BCUT2D eigenvalue weighted by Crippen LogP contribution is -2.38. The van der Waals surface area contributed by atoms with Gasteiger partial charge in [-0.15, -0.1) is 0 Å². The van der Waals surface area contributed by atoms with E-state index < -0.39 is 0 Å². The zero-order valence-electron chi connectivity index (χ0n) is 16.1. The topological polar surface area (TPSA) is 71.3 Å². The number of aromatic nitrogens is 4. The van der Waals surface area contributed by atoms with Crippen LogP contribution in [0.2, 0.25) is 0 Å². The molecule has 0 spiro atoms. The third-order valence-electron chi connectivity index (χ3n) is 4.68. The minimum Gasteiger partial charge on any atom is -0.380 e. The van der Waals surface area contributed by atoms with Crippen molar-refractivity contribution in [1.82, 2.24) is 24.4 Å². The number of likely N-dealkylation sites (N-methyl/N-ethyl adjacent to an activating group) is 1. The second-order valence-electron chi connectivity index (χ2n) is 7.13. The van der Waals surface area contributed by atoms with Gasteiger partial charge in [-0.3, -0.25) is 0 Å². The Hall–Kier alpha value is -2.19. The van der Waals surface area contributed by atoms with Crippen molar-refractivity contribution in [1.29, 1.82) is 0 Å². The van der Waals surface area contributed by atoms with Gasteiger partial charge in [0.05, 0.1) is 18.1 Å². The van der Waals surface area contributed by atoms with E-state index in [0.717, 1.165) is 49.8 Å². The molecule has 0 aliphatic carbocycles. The third kappa shape index (κ3) is 4.70. The van der Waals surface area contributed by atoms with E-state index in [1.54, 1.807) is 13.4 Å². The quantitative estimate of drug-likeness (QED) is 0.754. The molecule has 0 unspecified atom stereocenters. The Bertz CT molecular complexity index is 702. The van der Waals surface area contributed by atoms with E-state index in [1.807, 2.05) is 30.2 Å². The van der Waals surface area contributed by atoms with Gasteiger partial charge in [-0.2, -0.15) is 0 Å². The highest BCUT2D eigenvalue weighted by atomic mass is 16.5. The highest BCUT2D eigenvalue weighted by molar-refractivity contribution is 5.50. The van der Waals surface area contributed by atoms with E-state index >= 15 is 0 Å². The number of nitrogens with one attached hydrogen (secondary N) is 1. The summed E-state index contributed by atoms with van der Waals surface area (Å²) in [5, 5.41) is 3.38. The summed E-state index contributed by atoms with van der Waals surface area (Å²) in [6.45, 7) is 2.63. The molecule has 0 amide bonds. The molecule has 26 heavy (non-hydrogen) atoms. The molecule has 8 heteroatoms. The Morgan fingerprint density at radius 1 is 1.31 bits per heavy atom. The van der Waals surface area contributed by atoms with Crippen molar-refractivity contribution in [2.24, 2.45) is 7.05 Å². The molecule has 0 radical (unpaired) electrons. The molecule has 0 aromatic carbocycles. The molecule has 1 aliphatic rings. The van der Waals surface area contributed by atoms with Crippen LogP contribution in [0.15, 0.2) is 24.9 Å². The Labute approximate surface area is 155 Å². The standard InChI is InChI=1S/C18H29N7O/c1-23(2)10-15-7-16(26-4)11-25(15)18-8-17(20-12-21-18)19-6-5-14-9-24(3)13-22-14/h8-9,12-13,15-16H,5-7,10-11H2,1-4H3,(H,19,20,21)/t15-,16-/m0/s1. The number of methoxy groups -OCH3 is 1. The SMILES string of the molecule is CO[C@H]1C[C@@H](CN(C)C)N(c2cc(NCCc3cn(C)cn3)ncn2)C1. The minimum absolute atomic E-state index is 0.246. The number of nitrogens with zero attached hydrogens (tertiary/aromatic N) is 6. The first-order chi connectivity index (χ1) is 12.5. The maximum atomic E-state index is 5.59. The number of hydrogen-bond donors (Lipinski definition) is 1. The van der Waals surface area contributed by atoms with Crippen molar-refractivity contribution < 1.29 is 4.74 Å². The highest BCUT2D eigenvalue weighted by Crippen LogP contribution is 2.26. The maximum absolute atomic E-state index is 5.59. The van der Waals surface area contributed by atoms with Crippen LogP contribution in [-0.4, -0.2) is 77.4 Å². The van der Waals surface area contributed by atoms with Gasteiger partial charge in [0.25, 0.3) is 0 Å². The van der Waals surface area contributed by atoms with Gasteiger partial charge in [0.15, 0.2) is 0 Å². The number of imidazole rings is 1. The van der Waals surface area contributed by atoms with Gasteiger partial charge >= 0.3 is 0 Å². The first-order valence-corrected chi connectivity index (χ1v) is 9.02. The van der Waals surface area contributed by atoms with Crippen molar-refractivity contribution in [3.8, 4) is 0 Å². The molecule has 0 bridgehead atoms. The minimum atomic E-state index is 0.246. The molecule has 2 aromatic heterocycles. The zero-order chi connectivity index (χ0) is 18.5. The predicted molar refractivity (Wildman–Crippen MR) is 103 cm³/mol. The predicted octanol–water partition coefficient (Wildman–Crippen LogP) is 1.02. The average Bonchev–Trinajstić information content (AvgIpc) is 3.21. The average molecular weight is 359 g/mol. The zero-order valence-corrected chi connectivity index (χ0v) is 16.1. The van der Waals surface area contributed by atoms with Crippen molar-refractivity contribution >= 4 is 11.6 Å². The number of anilines is 2. The number of rotatable bonds is 8. The fraction of sp³-hybridized carbons (Fsp3) is 0.611. The molecule has 8 nitrogen and oxygen atoms in total. The second-order valence-corrected chi connectivity index (χ2v) is 7.13. The van der Waals surface area contributed by atoms with E-state index in [-0.39, 0.29) is 6.10 Å². The molecule has 1 fully saturated rings. The van der Waals surface area contributed by atoms with Gasteiger partial charge in [-0.05, 0) is 20.5 Å². The summed E-state index contributed by atoms with van der Waals surface area (Å²) < 4.78 is 7.55. The molecule has 2 aromatic rings. The smallest absolute Gasteiger partial charge is 0.134 e. The van der Waals surface area contributed by atoms with Crippen LogP contribution >= 0.6 is 0 Å². The van der Waals surface area contributed by atoms with Crippen LogP contribution in [0.5, 0.6) is 0 Å². The van der Waals surface area contributed by atoms with Crippen LogP contribution in [0.1, 0.15) is 12.1 Å². The first-order valence-electron chi connectivity index (χ1n) is 9.02. The molecule has 2 atom stereocenters. The molecule has 1 aliphatic heterocycles. The maximum Gasteiger partial charge on any atom is 0.134 e. The number of aryl methyl sites for hydroxylation is 1. The van der Waals surface area contributed by atoms with E-state index in [9.17, 15) is 0 Å². The summed E-state index contributed by atoms with van der Waals surface area (Å²) in [5.74, 6) is 1.79. The summed E-state index contributed by atoms with van der Waals surface area (Å²) in [6.07, 6.45) is 7.61. The van der Waals surface area contributed by atoms with Crippen LogP contribution in [0.4, 0.5) is 11.6 Å². The summed E-state index contributed by atoms with van der Waals surface area (Å²) >= 11 is 0.